The van der Waals surface area contributed by atoms with Crippen molar-refractivity contribution in [1.82, 2.24) is 0 Å². The van der Waals surface area contributed by atoms with Crippen LogP contribution in [0, 0.1) is 32.6 Å². The maximum Gasteiger partial charge on any atom is 0.127 e. The predicted molar refractivity (Wildman–Crippen MR) is 111 cm³/mol. The number of fused-ring (bicyclic) bond motifs is 1. The molecule has 0 saturated carbocycles. The number of hydrogen-bond donors (Lipinski definition) is 1. The van der Waals surface area contributed by atoms with Crippen molar-refractivity contribution in [3.63, 3.8) is 0 Å². The average Bonchev–Trinajstić information content (AvgIpc) is 2.57. The summed E-state index contributed by atoms with van der Waals surface area (Å²) in [7, 11) is 0. The van der Waals surface area contributed by atoms with Crippen molar-refractivity contribution >= 4 is 0 Å². The van der Waals surface area contributed by atoms with Gasteiger partial charge >= 0.3 is 0 Å². The summed E-state index contributed by atoms with van der Waals surface area (Å²) in [5.74, 6) is 2.95. The molecule has 0 aliphatic carbocycles. The molecule has 0 amide bonds. The Morgan fingerprint density at radius 1 is 1.08 bits per heavy atom. The SMILES string of the molecule is Cc1c(C)c2c(c(C)c1O)CCC(C)(/C=C/CC(C)CCCC(C)C)O2. The third-order valence-corrected chi connectivity index (χ3v) is 6.03. The quantitative estimate of drug-likeness (QED) is 0.542. The summed E-state index contributed by atoms with van der Waals surface area (Å²) in [5, 5.41) is 10.3. The van der Waals surface area contributed by atoms with E-state index >= 15 is 0 Å². The lowest BCUT2D eigenvalue weighted by molar-refractivity contribution is 0.112. The Morgan fingerprint density at radius 3 is 2.42 bits per heavy atom. The van der Waals surface area contributed by atoms with Gasteiger partial charge in [-0.2, -0.15) is 0 Å². The molecule has 2 heteroatoms. The van der Waals surface area contributed by atoms with Crippen LogP contribution in [0.5, 0.6) is 11.5 Å². The standard InChI is InChI=1S/C24H38O2/c1-16(2)10-8-11-17(3)12-9-14-24(7)15-13-21-20(6)22(25)18(4)19(5)23(21)26-24/h9,14,16-17,25H,8,10-13,15H2,1-7H3/b14-9+. The minimum Gasteiger partial charge on any atom is -0.507 e. The van der Waals surface area contributed by atoms with Gasteiger partial charge in [-0.1, -0.05) is 46.1 Å². The molecule has 0 bridgehead atoms. The van der Waals surface area contributed by atoms with Gasteiger partial charge in [0.15, 0.2) is 0 Å². The molecule has 2 rings (SSSR count). The second kappa shape index (κ2) is 8.50. The van der Waals surface area contributed by atoms with E-state index in [1.165, 1.54) is 24.8 Å². The summed E-state index contributed by atoms with van der Waals surface area (Å²) >= 11 is 0. The Balaban J connectivity index is 2.02. The van der Waals surface area contributed by atoms with E-state index in [0.29, 0.717) is 5.75 Å². The average molecular weight is 359 g/mol. The van der Waals surface area contributed by atoms with Crippen LogP contribution in [0.3, 0.4) is 0 Å². The third-order valence-electron chi connectivity index (χ3n) is 6.03. The highest BCUT2D eigenvalue weighted by Crippen LogP contribution is 2.43. The molecule has 26 heavy (non-hydrogen) atoms. The number of phenolic OH excluding ortho intramolecular Hbond substituents is 1. The molecule has 0 aromatic heterocycles. The number of rotatable bonds is 7. The molecule has 1 N–H and O–H groups in total. The van der Waals surface area contributed by atoms with Gasteiger partial charge in [-0.15, -0.1) is 0 Å². The lowest BCUT2D eigenvalue weighted by atomic mass is 9.86. The molecule has 0 saturated heterocycles. The van der Waals surface area contributed by atoms with E-state index in [0.717, 1.165) is 53.5 Å². The molecule has 2 atom stereocenters. The van der Waals surface area contributed by atoms with E-state index in [4.69, 9.17) is 4.74 Å². The first-order chi connectivity index (χ1) is 12.1. The van der Waals surface area contributed by atoms with Crippen LogP contribution in [0.4, 0.5) is 0 Å². The molecule has 0 fully saturated rings. The number of hydrogen-bond acceptors (Lipinski definition) is 2. The molecule has 2 nitrogen and oxygen atoms in total. The molecular formula is C24H38O2. The fraction of sp³-hybridized carbons (Fsp3) is 0.667. The first-order valence-electron chi connectivity index (χ1n) is 10.3. The molecule has 1 aromatic rings. The van der Waals surface area contributed by atoms with Crippen LogP contribution < -0.4 is 4.74 Å². The number of allylic oxidation sites excluding steroid dienone is 1. The third kappa shape index (κ3) is 4.84. The first-order valence-corrected chi connectivity index (χ1v) is 10.3. The Labute approximate surface area is 160 Å². The molecule has 0 radical (unpaired) electrons. The van der Waals surface area contributed by atoms with E-state index in [1.807, 2.05) is 13.8 Å². The van der Waals surface area contributed by atoms with E-state index in [-0.39, 0.29) is 5.60 Å². The van der Waals surface area contributed by atoms with Crippen LogP contribution in [0.1, 0.15) is 82.1 Å². The number of phenols is 1. The summed E-state index contributed by atoms with van der Waals surface area (Å²) in [5.41, 5.74) is 3.93. The summed E-state index contributed by atoms with van der Waals surface area (Å²) in [6.07, 6.45) is 11.6. The van der Waals surface area contributed by atoms with Crippen LogP contribution in [0.2, 0.25) is 0 Å². The number of ether oxygens (including phenoxy) is 1. The van der Waals surface area contributed by atoms with E-state index in [9.17, 15) is 5.11 Å². The second-order valence-corrected chi connectivity index (χ2v) is 9.01. The van der Waals surface area contributed by atoms with E-state index < -0.39 is 0 Å². The van der Waals surface area contributed by atoms with Gasteiger partial charge in [0, 0.05) is 5.56 Å². The minimum absolute atomic E-state index is 0.245. The maximum absolute atomic E-state index is 10.3. The zero-order valence-electron chi connectivity index (χ0n) is 17.9. The van der Waals surface area contributed by atoms with Crippen molar-refractivity contribution in [2.24, 2.45) is 11.8 Å². The molecular weight excluding hydrogens is 320 g/mol. The molecule has 2 unspecified atom stereocenters. The van der Waals surface area contributed by atoms with Crippen LogP contribution in [0.25, 0.3) is 0 Å². The monoisotopic (exact) mass is 358 g/mol. The van der Waals surface area contributed by atoms with E-state index in [2.05, 4.69) is 46.8 Å². The minimum atomic E-state index is -0.245. The fourth-order valence-corrected chi connectivity index (χ4v) is 3.92. The maximum atomic E-state index is 10.3. The molecule has 1 aromatic carbocycles. The molecule has 146 valence electrons. The van der Waals surface area contributed by atoms with Crippen molar-refractivity contribution in [2.75, 3.05) is 0 Å². The summed E-state index contributed by atoms with van der Waals surface area (Å²) < 4.78 is 6.46. The highest BCUT2D eigenvalue weighted by molar-refractivity contribution is 5.58. The van der Waals surface area contributed by atoms with Crippen LogP contribution in [0.15, 0.2) is 12.2 Å². The van der Waals surface area contributed by atoms with Crippen LogP contribution in [-0.4, -0.2) is 10.7 Å². The topological polar surface area (TPSA) is 29.5 Å². The Morgan fingerprint density at radius 2 is 1.77 bits per heavy atom. The van der Waals surface area contributed by atoms with Gasteiger partial charge in [-0.3, -0.25) is 0 Å². The van der Waals surface area contributed by atoms with Crippen LogP contribution >= 0.6 is 0 Å². The molecule has 1 aliphatic rings. The van der Waals surface area contributed by atoms with Gasteiger partial charge in [-0.05, 0) is 81.6 Å². The van der Waals surface area contributed by atoms with Crippen molar-refractivity contribution < 1.29 is 9.84 Å². The van der Waals surface area contributed by atoms with Gasteiger partial charge in [-0.25, -0.2) is 0 Å². The first kappa shape index (κ1) is 20.9. The second-order valence-electron chi connectivity index (χ2n) is 9.01. The Hall–Kier alpha value is -1.44. The summed E-state index contributed by atoms with van der Waals surface area (Å²) in [4.78, 5) is 0. The van der Waals surface area contributed by atoms with Crippen molar-refractivity contribution in [3.8, 4) is 11.5 Å². The zero-order chi connectivity index (χ0) is 19.5. The van der Waals surface area contributed by atoms with Crippen molar-refractivity contribution in [2.45, 2.75) is 92.6 Å². The van der Waals surface area contributed by atoms with Crippen molar-refractivity contribution in [3.05, 3.63) is 34.4 Å². The highest BCUT2D eigenvalue weighted by Gasteiger charge is 2.32. The number of aromatic hydroxyl groups is 1. The molecule has 0 spiro atoms. The Bertz CT molecular complexity index is 657. The molecule has 1 aliphatic heterocycles. The van der Waals surface area contributed by atoms with Gasteiger partial charge < -0.3 is 9.84 Å². The predicted octanol–water partition coefficient (Wildman–Crippen LogP) is 6.81. The highest BCUT2D eigenvalue weighted by atomic mass is 16.5. The normalized spacial score (nSPS) is 21.1. The van der Waals surface area contributed by atoms with Gasteiger partial charge in [0.25, 0.3) is 0 Å². The van der Waals surface area contributed by atoms with Gasteiger partial charge in [0.2, 0.25) is 0 Å². The fourth-order valence-electron chi connectivity index (χ4n) is 3.92. The smallest absolute Gasteiger partial charge is 0.127 e. The van der Waals surface area contributed by atoms with Gasteiger partial charge in [0.05, 0.1) is 0 Å². The summed E-state index contributed by atoms with van der Waals surface area (Å²) in [6.45, 7) is 15.2. The van der Waals surface area contributed by atoms with E-state index in [1.54, 1.807) is 0 Å². The Kier molecular flexibility index (Phi) is 6.82. The lowest BCUT2D eigenvalue weighted by Crippen LogP contribution is -2.35. The zero-order valence-corrected chi connectivity index (χ0v) is 17.9. The largest absolute Gasteiger partial charge is 0.507 e. The summed E-state index contributed by atoms with van der Waals surface area (Å²) in [6, 6.07) is 0. The van der Waals surface area contributed by atoms with Gasteiger partial charge in [0.1, 0.15) is 17.1 Å². The van der Waals surface area contributed by atoms with Crippen LogP contribution in [-0.2, 0) is 6.42 Å². The lowest BCUT2D eigenvalue weighted by Gasteiger charge is -2.36. The number of benzene rings is 1. The molecule has 1 heterocycles. The van der Waals surface area contributed by atoms with Crippen molar-refractivity contribution in [1.29, 1.82) is 0 Å².